The van der Waals surface area contributed by atoms with Gasteiger partial charge in [0.25, 0.3) is 0 Å². The molecule has 3 N–H and O–H groups in total. The third kappa shape index (κ3) is 3.10. The van der Waals surface area contributed by atoms with Crippen molar-refractivity contribution in [3.05, 3.63) is 11.6 Å². The Morgan fingerprint density at radius 1 is 1.48 bits per heavy atom. The van der Waals surface area contributed by atoms with Crippen LogP contribution in [0.4, 0.5) is 4.79 Å². The van der Waals surface area contributed by atoms with Crippen LogP contribution < -0.4 is 35.3 Å². The van der Waals surface area contributed by atoms with Gasteiger partial charge in [-0.15, -0.1) is 4.28 Å². The van der Waals surface area contributed by atoms with Crippen LogP contribution in [0.3, 0.4) is 0 Å². The number of carbonyl (C=O) groups excluding carboxylic acids is 2. The summed E-state index contributed by atoms with van der Waals surface area (Å²) in [5, 5.41) is 0.556. The molecule has 0 radical (unpaired) electrons. The first-order valence-corrected chi connectivity index (χ1v) is 7.42. The Kier molecular flexibility index (Phi) is 4.40. The quantitative estimate of drug-likeness (QED) is 0.309. The summed E-state index contributed by atoms with van der Waals surface area (Å²) in [6.45, 7) is 0.0954. The summed E-state index contributed by atoms with van der Waals surface area (Å²) in [4.78, 5) is 24.8. The second-order valence-electron chi connectivity index (χ2n) is 5.08. The van der Waals surface area contributed by atoms with Gasteiger partial charge in [0.1, 0.15) is 6.04 Å². The van der Waals surface area contributed by atoms with Gasteiger partial charge < -0.3 is 12.1 Å². The summed E-state index contributed by atoms with van der Waals surface area (Å²) >= 11 is 0. The van der Waals surface area contributed by atoms with E-state index in [0.717, 1.165) is 18.4 Å². The normalized spacial score (nSPS) is 28.2. The minimum Gasteiger partial charge on any atom is -1.00 e. The number of rotatable bonds is 4. The van der Waals surface area contributed by atoms with Gasteiger partial charge in [-0.1, -0.05) is 6.08 Å². The van der Waals surface area contributed by atoms with Crippen molar-refractivity contribution in [1.82, 2.24) is 9.96 Å². The number of carbonyl (C=O) groups is 2. The number of amides is 3. The maximum Gasteiger partial charge on any atom is 1.00 e. The number of hydrogen-bond acceptors (Lipinski definition) is 5. The van der Waals surface area contributed by atoms with E-state index in [4.69, 9.17) is 10.3 Å². The van der Waals surface area contributed by atoms with Crippen LogP contribution in [0.15, 0.2) is 11.6 Å². The summed E-state index contributed by atoms with van der Waals surface area (Å²) in [6, 6.07) is -2.33. The average molecular weight is 327 g/mol. The van der Waals surface area contributed by atoms with Crippen molar-refractivity contribution < 1.29 is 57.8 Å². The maximum absolute atomic E-state index is 12.1. The summed E-state index contributed by atoms with van der Waals surface area (Å²) < 4.78 is 34.5. The minimum atomic E-state index is -4.81. The predicted octanol–water partition coefficient (Wildman–Crippen LogP) is -3.85. The Bertz CT molecular complexity index is 622. The molecular weight excluding hydrogens is 313 g/mol. The number of fused-ring (bicyclic) bond motifs is 2. The predicted molar refractivity (Wildman–Crippen MR) is 65.3 cm³/mol. The molecule has 1 saturated heterocycles. The zero-order valence-corrected chi connectivity index (χ0v) is 14.1. The summed E-state index contributed by atoms with van der Waals surface area (Å²) in [5.74, 6) is -0.472. The molecule has 2 atom stereocenters. The first-order chi connectivity index (χ1) is 9.28. The van der Waals surface area contributed by atoms with Gasteiger partial charge in [0.15, 0.2) is 0 Å². The van der Waals surface area contributed by atoms with Crippen LogP contribution >= 0.6 is 0 Å². The Morgan fingerprint density at radius 2 is 2.10 bits per heavy atom. The maximum atomic E-state index is 12.1. The molecule has 2 bridgehead atoms. The van der Waals surface area contributed by atoms with E-state index in [2.05, 4.69) is 4.28 Å². The summed E-state index contributed by atoms with van der Waals surface area (Å²) in [5.41, 5.74) is 6.07. The molecule has 9 nitrogen and oxygen atoms in total. The van der Waals surface area contributed by atoms with Crippen molar-refractivity contribution in [2.75, 3.05) is 6.54 Å². The SMILES string of the molecule is NC(=O)[C@@H]1C(C2CC2)=C[C@@H]2CN1C(=O)N2OS(=O)(=O)O.[H-].[Na+]. The zero-order chi connectivity index (χ0) is 14.7. The second-order valence-corrected chi connectivity index (χ2v) is 6.08. The van der Waals surface area contributed by atoms with Gasteiger partial charge in [0.2, 0.25) is 5.91 Å². The van der Waals surface area contributed by atoms with E-state index >= 15 is 0 Å². The molecule has 0 aromatic carbocycles. The van der Waals surface area contributed by atoms with Gasteiger partial charge in [0.05, 0.1) is 12.6 Å². The van der Waals surface area contributed by atoms with E-state index in [1.165, 1.54) is 4.90 Å². The van der Waals surface area contributed by atoms with Crippen LogP contribution in [-0.2, 0) is 19.5 Å². The van der Waals surface area contributed by atoms with Crippen molar-refractivity contribution in [3.8, 4) is 0 Å². The van der Waals surface area contributed by atoms with Crippen LogP contribution in [0.2, 0.25) is 0 Å². The summed E-state index contributed by atoms with van der Waals surface area (Å²) in [7, 11) is -4.81. The first kappa shape index (κ1) is 16.7. The molecule has 0 unspecified atom stereocenters. The molecule has 2 aliphatic heterocycles. The smallest absolute Gasteiger partial charge is 1.00 e. The van der Waals surface area contributed by atoms with Gasteiger partial charge in [-0.05, 0) is 24.3 Å². The van der Waals surface area contributed by atoms with Crippen LogP contribution in [0, 0.1) is 5.92 Å². The average Bonchev–Trinajstić information content (AvgIpc) is 3.13. The van der Waals surface area contributed by atoms with E-state index in [-0.39, 0.29) is 43.4 Å². The number of hydrogen-bond donors (Lipinski definition) is 2. The molecule has 2 heterocycles. The molecule has 3 rings (SSSR count). The Hall–Kier alpha value is -0.650. The molecule has 112 valence electrons. The zero-order valence-electron chi connectivity index (χ0n) is 12.3. The first-order valence-electron chi connectivity index (χ1n) is 6.05. The molecule has 3 aliphatic rings. The van der Waals surface area contributed by atoms with Crippen LogP contribution in [-0.4, -0.2) is 53.5 Å². The van der Waals surface area contributed by atoms with Crippen molar-refractivity contribution in [3.63, 3.8) is 0 Å². The van der Waals surface area contributed by atoms with Crippen LogP contribution in [0.1, 0.15) is 14.3 Å². The molecule has 0 spiro atoms. The van der Waals surface area contributed by atoms with Crippen molar-refractivity contribution in [2.45, 2.75) is 24.9 Å². The third-order valence-electron chi connectivity index (χ3n) is 3.62. The van der Waals surface area contributed by atoms with Crippen molar-refractivity contribution in [1.29, 1.82) is 0 Å². The van der Waals surface area contributed by atoms with E-state index in [1.54, 1.807) is 6.08 Å². The number of urea groups is 1. The number of nitrogens with two attached hydrogens (primary N) is 1. The molecule has 1 aliphatic carbocycles. The number of hydroxylamine groups is 2. The standard InChI is InChI=1S/C10H13N3O6S.Na.H/c11-9(14)8-7(5-1-2-5)3-6-4-12(8)10(15)13(6)19-20(16,17)18;;/h3,5-6,8H,1-2,4H2,(H2,11,14)(H,16,17,18);;/q;+1;-1/t6-,8+;;/m1../s1. The molecule has 21 heavy (non-hydrogen) atoms. The van der Waals surface area contributed by atoms with E-state index in [0.29, 0.717) is 5.06 Å². The Labute approximate surface area is 144 Å². The minimum absolute atomic E-state index is 0. The van der Waals surface area contributed by atoms with E-state index in [1.807, 2.05) is 0 Å². The monoisotopic (exact) mass is 327 g/mol. The molecular formula is C10H14N3NaO6S. The second kappa shape index (κ2) is 5.52. The van der Waals surface area contributed by atoms with Gasteiger partial charge in [-0.25, -0.2) is 4.79 Å². The van der Waals surface area contributed by atoms with Gasteiger partial charge in [-0.2, -0.15) is 13.5 Å². The third-order valence-corrected chi connectivity index (χ3v) is 3.97. The molecule has 2 fully saturated rings. The van der Waals surface area contributed by atoms with Gasteiger partial charge in [0, 0.05) is 0 Å². The van der Waals surface area contributed by atoms with Gasteiger partial charge in [-0.3, -0.25) is 9.35 Å². The number of nitrogens with zero attached hydrogens (tertiary/aromatic N) is 2. The molecule has 0 aromatic heterocycles. The molecule has 11 heteroatoms. The van der Waals surface area contributed by atoms with Crippen molar-refractivity contribution in [2.24, 2.45) is 11.7 Å². The molecule has 1 saturated carbocycles. The topological polar surface area (TPSA) is 130 Å². The number of primary amides is 1. The largest absolute Gasteiger partial charge is 1.00 e. The van der Waals surface area contributed by atoms with Gasteiger partial charge >= 0.3 is 46.0 Å². The fourth-order valence-corrected chi connectivity index (χ4v) is 3.11. The Balaban J connectivity index is 0.00000121. The molecule has 3 amide bonds. The van der Waals surface area contributed by atoms with E-state index in [9.17, 15) is 18.0 Å². The van der Waals surface area contributed by atoms with Crippen LogP contribution in [0.5, 0.6) is 0 Å². The Morgan fingerprint density at radius 3 is 2.57 bits per heavy atom. The molecule has 0 aromatic rings. The summed E-state index contributed by atoms with van der Waals surface area (Å²) in [6.07, 6.45) is 3.45. The van der Waals surface area contributed by atoms with Crippen LogP contribution in [0.25, 0.3) is 0 Å². The van der Waals surface area contributed by atoms with Crippen molar-refractivity contribution >= 4 is 22.3 Å². The fraction of sp³-hybridized carbons (Fsp3) is 0.600. The van der Waals surface area contributed by atoms with E-state index < -0.39 is 34.4 Å². The fourth-order valence-electron chi connectivity index (χ4n) is 2.73.